The molecule has 0 aliphatic rings. The number of nitro benzene ring substituents is 1. The van der Waals surface area contributed by atoms with E-state index in [1.807, 2.05) is 0 Å². The molecule has 0 heterocycles. The number of benzene rings is 1. The van der Waals surface area contributed by atoms with Crippen LogP contribution in [0.4, 0.5) is 5.69 Å². The largest absolute Gasteiger partial charge is 0.464 e. The number of hydrogen-bond donors (Lipinski definition) is 0. The van der Waals surface area contributed by atoms with Crippen molar-refractivity contribution in [2.45, 2.75) is 11.3 Å². The van der Waals surface area contributed by atoms with E-state index < -0.39 is 39.3 Å². The lowest BCUT2D eigenvalue weighted by molar-refractivity contribution is -0.384. The maximum Gasteiger partial charge on any atom is 0.321 e. The van der Waals surface area contributed by atoms with E-state index in [-0.39, 0.29) is 16.6 Å². The molecule has 0 radical (unpaired) electrons. The summed E-state index contributed by atoms with van der Waals surface area (Å²) in [5.74, 6) is -1.04. The molecule has 0 amide bonds. The number of carbonyl (C=O) groups is 1. The number of esters is 1. The third kappa shape index (κ3) is 4.64. The Morgan fingerprint density at radius 2 is 2.14 bits per heavy atom. The molecule has 1 aromatic carbocycles. The highest BCUT2D eigenvalue weighted by atomic mass is 32.2. The monoisotopic (exact) mass is 331 g/mol. The van der Waals surface area contributed by atoms with Crippen LogP contribution in [0.5, 0.6) is 0 Å². The topological polar surface area (TPSA) is 107 Å². The predicted octanol–water partition coefficient (Wildman–Crippen LogP) is 1.33. The van der Waals surface area contributed by atoms with Gasteiger partial charge in [-0.05, 0) is 18.6 Å². The molecule has 0 saturated carbocycles. The molecule has 0 unspecified atom stereocenters. The Labute approximate surface area is 132 Å². The summed E-state index contributed by atoms with van der Waals surface area (Å²) in [6.45, 7) is -0.802. The van der Waals surface area contributed by atoms with Gasteiger partial charge in [-0.1, -0.05) is 6.08 Å². The minimum atomic E-state index is -4.60. The van der Waals surface area contributed by atoms with E-state index in [1.54, 1.807) is 0 Å². The fraction of sp³-hybridized carbons (Fsp3) is 0.308. The summed E-state index contributed by atoms with van der Waals surface area (Å²) in [6.07, 6.45) is 1.80. The second-order valence-corrected chi connectivity index (χ2v) is 5.92. The van der Waals surface area contributed by atoms with Crippen molar-refractivity contribution >= 4 is 21.7 Å². The summed E-state index contributed by atoms with van der Waals surface area (Å²) < 4.78 is 51.8. The zero-order valence-electron chi connectivity index (χ0n) is 14.5. The molecular formula is C13H16N2O6S. The van der Waals surface area contributed by atoms with Crippen LogP contribution in [-0.4, -0.2) is 43.7 Å². The van der Waals surface area contributed by atoms with Gasteiger partial charge in [0.2, 0.25) is 10.0 Å². The van der Waals surface area contributed by atoms with E-state index in [1.165, 1.54) is 6.08 Å². The van der Waals surface area contributed by atoms with Gasteiger partial charge in [-0.3, -0.25) is 14.9 Å². The molecule has 0 saturated heterocycles. The Morgan fingerprint density at radius 1 is 1.50 bits per heavy atom. The zero-order valence-corrected chi connectivity index (χ0v) is 12.3. The number of nitro groups is 1. The highest BCUT2D eigenvalue weighted by Gasteiger charge is 2.24. The van der Waals surface area contributed by atoms with Crippen LogP contribution in [0.3, 0.4) is 0 Å². The molecule has 120 valence electrons. The Morgan fingerprint density at radius 3 is 2.64 bits per heavy atom. The van der Waals surface area contributed by atoms with Crippen molar-refractivity contribution in [3.05, 3.63) is 47.0 Å². The lowest BCUT2D eigenvalue weighted by Gasteiger charge is -2.16. The van der Waals surface area contributed by atoms with Crippen molar-refractivity contribution in [2.24, 2.45) is 0 Å². The lowest BCUT2D eigenvalue weighted by atomic mass is 10.3. The van der Waals surface area contributed by atoms with Crippen LogP contribution < -0.4 is 0 Å². The standard InChI is InChI=1S/C13H16N2O6S/c1-3-4-9-21-13(16)10-14(2)22(19,20)12-7-5-11(6-8-12)15(17)18/h3,5-8H,1,4,9-10H2,2H3/i2D3. The van der Waals surface area contributed by atoms with Gasteiger partial charge >= 0.3 is 5.97 Å². The molecule has 0 spiro atoms. The highest BCUT2D eigenvalue weighted by Crippen LogP contribution is 2.18. The van der Waals surface area contributed by atoms with Gasteiger partial charge in [-0.25, -0.2) is 8.42 Å². The van der Waals surface area contributed by atoms with Crippen LogP contribution in [-0.2, 0) is 19.6 Å². The normalized spacial score (nSPS) is 13.8. The first-order valence-electron chi connectivity index (χ1n) is 7.54. The molecular weight excluding hydrogens is 312 g/mol. The Balaban J connectivity index is 3.10. The smallest absolute Gasteiger partial charge is 0.321 e. The molecule has 0 atom stereocenters. The van der Waals surface area contributed by atoms with Crippen LogP contribution in [0.1, 0.15) is 10.5 Å². The van der Waals surface area contributed by atoms with Crippen molar-refractivity contribution in [1.82, 2.24) is 4.31 Å². The molecule has 0 aliphatic heterocycles. The first kappa shape index (κ1) is 13.4. The number of non-ortho nitro benzene ring substituents is 1. The van der Waals surface area contributed by atoms with E-state index in [2.05, 4.69) is 6.58 Å². The lowest BCUT2D eigenvalue weighted by Crippen LogP contribution is -2.33. The summed E-state index contributed by atoms with van der Waals surface area (Å²) in [5, 5.41) is 10.6. The number of nitrogens with zero attached hydrogens (tertiary/aromatic N) is 2. The molecule has 22 heavy (non-hydrogen) atoms. The van der Waals surface area contributed by atoms with E-state index in [9.17, 15) is 23.3 Å². The van der Waals surface area contributed by atoms with Gasteiger partial charge in [-0.2, -0.15) is 4.31 Å². The van der Waals surface area contributed by atoms with Gasteiger partial charge in [-0.15, -0.1) is 6.58 Å². The summed E-state index contributed by atoms with van der Waals surface area (Å²) in [6, 6.07) is 3.64. The summed E-state index contributed by atoms with van der Waals surface area (Å²) in [7, 11) is -4.60. The fourth-order valence-corrected chi connectivity index (χ4v) is 2.38. The molecule has 1 aromatic rings. The van der Waals surface area contributed by atoms with E-state index >= 15 is 0 Å². The number of sulfonamides is 1. The number of hydrogen-bond acceptors (Lipinski definition) is 6. The molecule has 0 aromatic heterocycles. The second kappa shape index (κ2) is 7.66. The molecule has 1 rings (SSSR count). The minimum Gasteiger partial charge on any atom is -0.464 e. The van der Waals surface area contributed by atoms with Crippen molar-refractivity contribution in [3.8, 4) is 0 Å². The maximum absolute atomic E-state index is 12.5. The second-order valence-electron chi connectivity index (χ2n) is 4.06. The van der Waals surface area contributed by atoms with E-state index in [0.717, 1.165) is 24.3 Å². The van der Waals surface area contributed by atoms with Gasteiger partial charge in [0.25, 0.3) is 5.69 Å². The van der Waals surface area contributed by atoms with Crippen molar-refractivity contribution in [2.75, 3.05) is 20.1 Å². The molecule has 0 bridgehead atoms. The Kier molecular flexibility index (Phi) is 4.67. The summed E-state index contributed by atoms with van der Waals surface area (Å²) in [4.78, 5) is 21.1. The summed E-state index contributed by atoms with van der Waals surface area (Å²) in [5.41, 5.74) is -0.358. The average Bonchev–Trinajstić information content (AvgIpc) is 2.51. The Bertz CT molecular complexity index is 746. The van der Waals surface area contributed by atoms with Crippen molar-refractivity contribution in [3.63, 3.8) is 0 Å². The van der Waals surface area contributed by atoms with Crippen LogP contribution >= 0.6 is 0 Å². The minimum absolute atomic E-state index is 0.0113. The number of rotatable bonds is 8. The van der Waals surface area contributed by atoms with Gasteiger partial charge in [0.15, 0.2) is 0 Å². The van der Waals surface area contributed by atoms with Gasteiger partial charge in [0.05, 0.1) is 16.4 Å². The third-order valence-corrected chi connectivity index (χ3v) is 4.07. The quantitative estimate of drug-likeness (QED) is 0.234. The molecule has 9 heteroatoms. The molecule has 8 nitrogen and oxygen atoms in total. The first-order valence-corrected chi connectivity index (χ1v) is 7.48. The van der Waals surface area contributed by atoms with Gasteiger partial charge in [0.1, 0.15) is 6.54 Å². The molecule has 0 N–H and O–H groups in total. The van der Waals surface area contributed by atoms with Crippen LogP contribution in [0.2, 0.25) is 0 Å². The van der Waals surface area contributed by atoms with Gasteiger partial charge in [0, 0.05) is 23.2 Å². The van der Waals surface area contributed by atoms with Crippen LogP contribution in [0, 0.1) is 10.1 Å². The predicted molar refractivity (Wildman–Crippen MR) is 78.7 cm³/mol. The average molecular weight is 331 g/mol. The van der Waals surface area contributed by atoms with Crippen molar-refractivity contribution < 1.29 is 27.0 Å². The van der Waals surface area contributed by atoms with Crippen molar-refractivity contribution in [1.29, 1.82) is 0 Å². The SMILES string of the molecule is [2H]C([2H])([2H])N(CC(=O)OCCC=C)S(=O)(=O)c1ccc([N+](=O)[O-])cc1. The number of likely N-dealkylation sites (N-methyl/N-ethyl adjacent to an activating group) is 1. The maximum atomic E-state index is 12.5. The van der Waals surface area contributed by atoms with Crippen LogP contribution in [0.15, 0.2) is 41.8 Å². The van der Waals surface area contributed by atoms with Gasteiger partial charge < -0.3 is 4.74 Å². The fourth-order valence-electron chi connectivity index (χ4n) is 1.37. The molecule has 0 aliphatic carbocycles. The van der Waals surface area contributed by atoms with E-state index in [0.29, 0.717) is 6.42 Å². The number of ether oxygens (including phenoxy) is 1. The molecule has 0 fully saturated rings. The number of carbonyl (C=O) groups excluding carboxylic acids is 1. The zero-order chi connectivity index (χ0) is 19.3. The first-order chi connectivity index (χ1) is 11.5. The highest BCUT2D eigenvalue weighted by molar-refractivity contribution is 7.89. The van der Waals surface area contributed by atoms with E-state index in [4.69, 9.17) is 8.85 Å². The summed E-state index contributed by atoms with van der Waals surface area (Å²) >= 11 is 0. The van der Waals surface area contributed by atoms with Crippen LogP contribution in [0.25, 0.3) is 0 Å². The third-order valence-electron chi connectivity index (χ3n) is 2.49. The Hall–Kier alpha value is -2.26.